The van der Waals surface area contributed by atoms with Crippen LogP contribution in [0.15, 0.2) is 35.9 Å². The highest BCUT2D eigenvalue weighted by atomic mass is 35.5. The fourth-order valence-electron chi connectivity index (χ4n) is 9.32. The number of allylic oxidation sites excluding steroid dienone is 3. The van der Waals surface area contributed by atoms with Crippen molar-refractivity contribution in [2.24, 2.45) is 23.7 Å². The van der Waals surface area contributed by atoms with Gasteiger partial charge in [0.25, 0.3) is 0 Å². The third-order valence-electron chi connectivity index (χ3n) is 13.5. The number of hydrogen-bond acceptors (Lipinski definition) is 12. The van der Waals surface area contributed by atoms with Crippen LogP contribution in [0.25, 0.3) is 0 Å². The molecule has 0 radical (unpaired) electrons. The largest absolute Gasteiger partial charge is 0.459 e. The van der Waals surface area contributed by atoms with Gasteiger partial charge < -0.3 is 34.3 Å². The number of thioether (sulfide) groups is 1. The summed E-state index contributed by atoms with van der Waals surface area (Å²) in [6, 6.07) is 3.85. The number of hydrogen-bond donors (Lipinski definition) is 3. The van der Waals surface area contributed by atoms with Gasteiger partial charge in [-0.1, -0.05) is 55.3 Å². The maximum Gasteiger partial charge on any atom is 0.409 e. The van der Waals surface area contributed by atoms with E-state index in [0.29, 0.717) is 29.4 Å². The lowest BCUT2D eigenvalue weighted by Gasteiger charge is -2.41. The van der Waals surface area contributed by atoms with Crippen LogP contribution in [0.2, 0.25) is 5.02 Å². The molecule has 5 amide bonds. The van der Waals surface area contributed by atoms with Crippen molar-refractivity contribution in [2.45, 2.75) is 127 Å². The zero-order valence-electron chi connectivity index (χ0n) is 37.4. The van der Waals surface area contributed by atoms with Crippen LogP contribution in [0.1, 0.15) is 90.2 Å². The Morgan fingerprint density at radius 3 is 2.51 bits per heavy atom. The molecular formula is C46H63ClN4O11S. The number of imide groups is 1. The van der Waals surface area contributed by atoms with Gasteiger partial charge in [-0.05, 0) is 76.0 Å². The van der Waals surface area contributed by atoms with Crippen molar-refractivity contribution < 1.29 is 52.8 Å². The molecule has 1 aromatic rings. The predicted octanol–water partition coefficient (Wildman–Crippen LogP) is 5.41. The van der Waals surface area contributed by atoms with Gasteiger partial charge in [0.05, 0.1) is 48.1 Å². The third kappa shape index (κ3) is 11.5. The second-order valence-electron chi connectivity index (χ2n) is 18.1. The molecule has 346 valence electrons. The molecule has 4 aliphatic heterocycles. The Labute approximate surface area is 379 Å². The molecule has 4 bridgehead atoms. The van der Waals surface area contributed by atoms with Gasteiger partial charge in [0.1, 0.15) is 23.5 Å². The van der Waals surface area contributed by atoms with E-state index in [1.54, 1.807) is 21.0 Å². The second-order valence-corrected chi connectivity index (χ2v) is 19.8. The molecule has 1 aromatic carbocycles. The lowest BCUT2D eigenvalue weighted by molar-refractivity contribution is -0.155. The molecule has 3 saturated heterocycles. The number of amides is 5. The molecule has 0 aromatic heterocycles. The molecular weight excluding hydrogens is 852 g/mol. The monoisotopic (exact) mass is 914 g/mol. The predicted molar refractivity (Wildman–Crippen MR) is 238 cm³/mol. The molecule has 1 saturated carbocycles. The van der Waals surface area contributed by atoms with Crippen molar-refractivity contribution in [1.82, 2.24) is 15.5 Å². The maximum atomic E-state index is 14.1. The molecule has 3 N–H and O–H groups in total. The Kier molecular flexibility index (Phi) is 15.8. The number of fused-ring (bicyclic) bond motifs is 5. The number of anilines is 1. The van der Waals surface area contributed by atoms with Gasteiger partial charge in [-0.3, -0.25) is 34.2 Å². The zero-order chi connectivity index (χ0) is 45.8. The number of esters is 1. The summed E-state index contributed by atoms with van der Waals surface area (Å²) >= 11 is 8.14. The van der Waals surface area contributed by atoms with Gasteiger partial charge >= 0.3 is 12.1 Å². The SMILES string of the molecule is CNC(=O)C1CCC(CN2C(=O)CC(SCCOCCC(=O)O[C@H]3CC(=O)N(C)c4cc(cc(C)c4Cl)C/C(C)=C/C=C/[C@@H](C)[C@@]4(O)CC(OC(=O)N4)[C@@H](C)[C@@H]4O[C@@]34C)C2=O)CC1. The number of aliphatic hydroxyl groups is 1. The lowest BCUT2D eigenvalue weighted by atomic mass is 9.81. The molecule has 8 atom stereocenters. The fraction of sp³-hybridized carbons (Fsp3) is 0.652. The molecule has 2 unspecified atom stereocenters. The Morgan fingerprint density at radius 2 is 1.79 bits per heavy atom. The van der Waals surface area contributed by atoms with Crippen LogP contribution in [-0.4, -0.2) is 120 Å². The lowest BCUT2D eigenvalue weighted by Crippen LogP contribution is -2.60. The van der Waals surface area contributed by atoms with Gasteiger partial charge in [-0.2, -0.15) is 0 Å². The Morgan fingerprint density at radius 1 is 1.06 bits per heavy atom. The molecule has 0 spiro atoms. The van der Waals surface area contributed by atoms with Crippen LogP contribution in [-0.2, 0) is 49.3 Å². The number of nitrogens with zero attached hydrogens (tertiary/aromatic N) is 2. The number of alkyl carbamates (subject to hydrolysis) is 1. The third-order valence-corrected chi connectivity index (χ3v) is 15.1. The number of aryl methyl sites for hydroxylation is 1. The normalized spacial score (nSPS) is 34.0. The van der Waals surface area contributed by atoms with E-state index in [4.69, 9.17) is 30.5 Å². The summed E-state index contributed by atoms with van der Waals surface area (Å²) in [4.78, 5) is 81.2. The van der Waals surface area contributed by atoms with E-state index >= 15 is 0 Å². The summed E-state index contributed by atoms with van der Waals surface area (Å²) in [5.74, 6) is -1.64. The number of likely N-dealkylation sites (tertiary alicyclic amines) is 1. The van der Waals surface area contributed by atoms with Gasteiger partial charge in [0.2, 0.25) is 23.6 Å². The van der Waals surface area contributed by atoms with Crippen LogP contribution in [0, 0.1) is 30.6 Å². The highest BCUT2D eigenvalue weighted by molar-refractivity contribution is 8.00. The first-order valence-corrected chi connectivity index (χ1v) is 23.5. The summed E-state index contributed by atoms with van der Waals surface area (Å²) < 4.78 is 23.8. The first kappa shape index (κ1) is 48.5. The van der Waals surface area contributed by atoms with E-state index in [0.717, 1.165) is 42.4 Å². The average molecular weight is 916 g/mol. The fourth-order valence-corrected chi connectivity index (χ4v) is 10.6. The maximum absolute atomic E-state index is 14.1. The van der Waals surface area contributed by atoms with Crippen molar-refractivity contribution in [3.05, 3.63) is 52.1 Å². The number of nitrogens with one attached hydrogen (secondary N) is 2. The summed E-state index contributed by atoms with van der Waals surface area (Å²) in [5, 5.41) is 16.9. The van der Waals surface area contributed by atoms with Gasteiger partial charge in [0.15, 0.2) is 0 Å². The van der Waals surface area contributed by atoms with E-state index in [-0.39, 0.29) is 74.4 Å². The molecule has 5 aliphatic rings. The smallest absolute Gasteiger partial charge is 0.409 e. The quantitative estimate of drug-likeness (QED) is 0.111. The number of carbonyl (C=O) groups excluding carboxylic acids is 6. The highest BCUT2D eigenvalue weighted by Crippen LogP contribution is 2.49. The van der Waals surface area contributed by atoms with Gasteiger partial charge in [0, 0.05) is 57.0 Å². The highest BCUT2D eigenvalue weighted by Gasteiger charge is 2.64. The van der Waals surface area contributed by atoms with E-state index < -0.39 is 58.8 Å². The van der Waals surface area contributed by atoms with E-state index in [1.165, 1.54) is 21.6 Å². The van der Waals surface area contributed by atoms with E-state index in [2.05, 4.69) is 10.6 Å². The Hall–Kier alpha value is -3.96. The molecule has 4 fully saturated rings. The molecule has 15 nitrogen and oxygen atoms in total. The van der Waals surface area contributed by atoms with Crippen molar-refractivity contribution in [2.75, 3.05) is 44.5 Å². The second kappa shape index (κ2) is 20.5. The summed E-state index contributed by atoms with van der Waals surface area (Å²) in [6.07, 6.45) is 5.97. The summed E-state index contributed by atoms with van der Waals surface area (Å²) in [7, 11) is 3.27. The first-order valence-electron chi connectivity index (χ1n) is 22.1. The molecule has 6 rings (SSSR count). The van der Waals surface area contributed by atoms with Crippen molar-refractivity contribution in [3.8, 4) is 0 Å². The van der Waals surface area contributed by atoms with Crippen molar-refractivity contribution >= 4 is 64.7 Å². The number of ether oxygens (including phenoxy) is 4. The Balaban J connectivity index is 1.07. The van der Waals surface area contributed by atoms with Crippen LogP contribution >= 0.6 is 23.4 Å². The number of carbonyl (C=O) groups is 6. The minimum absolute atomic E-state index is 0.0187. The molecule has 63 heavy (non-hydrogen) atoms. The van der Waals surface area contributed by atoms with Crippen LogP contribution in [0.5, 0.6) is 0 Å². The molecule has 4 heterocycles. The van der Waals surface area contributed by atoms with Gasteiger partial charge in [-0.25, -0.2) is 4.79 Å². The van der Waals surface area contributed by atoms with E-state index in [9.17, 15) is 33.9 Å². The number of rotatable bonds is 11. The van der Waals surface area contributed by atoms with Crippen molar-refractivity contribution in [3.63, 3.8) is 0 Å². The topological polar surface area (TPSA) is 193 Å². The van der Waals surface area contributed by atoms with Crippen LogP contribution in [0.3, 0.4) is 0 Å². The number of halogens is 1. The minimum Gasteiger partial charge on any atom is -0.459 e. The van der Waals surface area contributed by atoms with Crippen LogP contribution < -0.4 is 15.5 Å². The minimum atomic E-state index is -1.61. The van der Waals surface area contributed by atoms with Crippen LogP contribution in [0.4, 0.5) is 10.5 Å². The van der Waals surface area contributed by atoms with Gasteiger partial charge in [-0.15, -0.1) is 11.8 Å². The Bertz CT molecular complexity index is 1990. The summed E-state index contributed by atoms with van der Waals surface area (Å²) in [5.41, 5.74) is 0.519. The number of epoxide rings is 1. The molecule has 17 heteroatoms. The summed E-state index contributed by atoms with van der Waals surface area (Å²) in [6.45, 7) is 9.91. The zero-order valence-corrected chi connectivity index (χ0v) is 39.0. The first-order chi connectivity index (χ1) is 29.8. The van der Waals surface area contributed by atoms with Crippen molar-refractivity contribution in [1.29, 1.82) is 0 Å². The average Bonchev–Trinajstić information content (AvgIpc) is 3.87. The molecule has 1 aliphatic carbocycles. The van der Waals surface area contributed by atoms with E-state index in [1.807, 2.05) is 58.1 Å². The number of benzene rings is 1. The standard InChI is InChI=1S/C46H63ClN4O11S/c1-26-9-8-10-28(3)46(58)24-34(60-44(57)49-46)29(4)41-45(5,62-41)36(23-37(52)50(7)33-21-31(19-26)20-27(2)40(33)47)61-39(54)15-16-59-17-18-63-35-22-38(53)51(43(35)56)25-30-11-13-32(14-12-30)42(55)48-6/h8-10,20-21,28-30,32,34-36,41,58H,11-19,22-25H2,1-7H3,(H,48,55)(H,49,57)/b10-8+,26-9+/t28-,29-,30?,32?,34?,35?,36+,41+,45+,46+/m1/s1.